The molecule has 1 atom stereocenters. The van der Waals surface area contributed by atoms with Gasteiger partial charge >= 0.3 is 5.97 Å². The van der Waals surface area contributed by atoms with Crippen molar-refractivity contribution in [1.82, 2.24) is 20.3 Å². The van der Waals surface area contributed by atoms with Crippen LogP contribution in [-0.2, 0) is 25.7 Å². The van der Waals surface area contributed by atoms with Gasteiger partial charge in [-0.15, -0.1) is 0 Å². The van der Waals surface area contributed by atoms with Crippen LogP contribution >= 0.6 is 0 Å². The number of hydrogen-bond acceptors (Lipinski definition) is 9. The van der Waals surface area contributed by atoms with Crippen molar-refractivity contribution in [1.29, 1.82) is 0 Å². The molecule has 1 aliphatic carbocycles. The Morgan fingerprint density at radius 2 is 1.84 bits per heavy atom. The van der Waals surface area contributed by atoms with Crippen LogP contribution in [0.3, 0.4) is 0 Å². The molecule has 1 aliphatic rings. The fourth-order valence-corrected chi connectivity index (χ4v) is 4.96. The van der Waals surface area contributed by atoms with E-state index in [0.29, 0.717) is 22.8 Å². The highest BCUT2D eigenvalue weighted by atomic mass is 16.5. The smallest absolute Gasteiger partial charge is 0.315 e. The molecule has 0 saturated heterocycles. The predicted molar refractivity (Wildman–Crippen MR) is 168 cm³/mol. The zero-order chi connectivity index (χ0) is 32.0. The monoisotopic (exact) mass is 604 g/mol. The molecule has 0 bridgehead atoms. The average molecular weight is 605 g/mol. The molecule has 3 N–H and O–H groups in total. The van der Waals surface area contributed by atoms with Gasteiger partial charge in [0.2, 0.25) is 5.95 Å². The number of anilines is 3. The molecule has 0 spiro atoms. The van der Waals surface area contributed by atoms with Crippen LogP contribution in [-0.4, -0.2) is 45.6 Å². The summed E-state index contributed by atoms with van der Waals surface area (Å²) in [4.78, 5) is 63.6. The number of amides is 2. The van der Waals surface area contributed by atoms with E-state index >= 15 is 0 Å². The van der Waals surface area contributed by atoms with Crippen molar-refractivity contribution in [3.8, 4) is 11.3 Å². The third kappa shape index (κ3) is 7.27. The zero-order valence-corrected chi connectivity index (χ0v) is 25.1. The molecule has 0 unspecified atom stereocenters. The second-order valence-corrected chi connectivity index (χ2v) is 10.9. The van der Waals surface area contributed by atoms with E-state index in [2.05, 4.69) is 30.9 Å². The minimum absolute atomic E-state index is 0.0656. The maximum atomic E-state index is 13.1. The SMILES string of the molecule is COC(=O)[C@@]1(C)C=C(C(=O)NCc2cccc(C(=O)Nc3ccc(Nc4nccc(-c5cccnc5)n4)c(C)c3)c2)C(=O)CC1. The molecule has 45 heavy (non-hydrogen) atoms. The van der Waals surface area contributed by atoms with Gasteiger partial charge in [0.15, 0.2) is 5.78 Å². The van der Waals surface area contributed by atoms with Crippen LogP contribution in [0.1, 0.15) is 41.3 Å². The Morgan fingerprint density at radius 3 is 2.60 bits per heavy atom. The first-order valence-corrected chi connectivity index (χ1v) is 14.3. The van der Waals surface area contributed by atoms with Crippen LogP contribution in [0.2, 0.25) is 0 Å². The first kappa shape index (κ1) is 30.7. The van der Waals surface area contributed by atoms with E-state index < -0.39 is 17.3 Å². The zero-order valence-electron chi connectivity index (χ0n) is 25.1. The molecule has 4 aromatic rings. The molecule has 2 aromatic heterocycles. The number of methoxy groups -OCH3 is 1. The lowest BCUT2D eigenvalue weighted by atomic mass is 9.77. The number of Topliss-reactive ketones (excluding diaryl/α,β-unsaturated/α-hetero) is 1. The summed E-state index contributed by atoms with van der Waals surface area (Å²) >= 11 is 0. The number of esters is 1. The number of benzene rings is 2. The molecular formula is C34H32N6O5. The number of aromatic nitrogens is 3. The highest BCUT2D eigenvalue weighted by molar-refractivity contribution is 6.20. The van der Waals surface area contributed by atoms with Gasteiger partial charge in [0, 0.05) is 54.1 Å². The lowest BCUT2D eigenvalue weighted by Crippen LogP contribution is -2.37. The Kier molecular flexibility index (Phi) is 9.08. The number of nitrogens with zero attached hydrogens (tertiary/aromatic N) is 3. The summed E-state index contributed by atoms with van der Waals surface area (Å²) in [5.41, 5.74) is 3.83. The van der Waals surface area contributed by atoms with E-state index in [-0.39, 0.29) is 36.6 Å². The molecule has 2 amide bonds. The highest BCUT2D eigenvalue weighted by Crippen LogP contribution is 2.33. The first-order valence-electron chi connectivity index (χ1n) is 14.3. The topological polar surface area (TPSA) is 152 Å². The predicted octanol–water partition coefficient (Wildman–Crippen LogP) is 4.93. The van der Waals surface area contributed by atoms with Gasteiger partial charge in [0.1, 0.15) is 0 Å². The minimum Gasteiger partial charge on any atom is -0.468 e. The van der Waals surface area contributed by atoms with Gasteiger partial charge in [-0.1, -0.05) is 18.2 Å². The number of ether oxygens (including phenoxy) is 1. The molecule has 5 rings (SSSR count). The third-order valence-corrected chi connectivity index (χ3v) is 7.52. The van der Waals surface area contributed by atoms with Crippen LogP contribution in [0.5, 0.6) is 0 Å². The Morgan fingerprint density at radius 1 is 1.00 bits per heavy atom. The summed E-state index contributed by atoms with van der Waals surface area (Å²) in [5, 5.41) is 8.86. The fraction of sp³-hybridized carbons (Fsp3) is 0.206. The van der Waals surface area contributed by atoms with E-state index in [0.717, 1.165) is 22.5 Å². The normalized spacial score (nSPS) is 15.9. The molecule has 228 valence electrons. The van der Waals surface area contributed by atoms with Crippen LogP contribution in [0.25, 0.3) is 11.3 Å². The molecule has 0 fully saturated rings. The second kappa shape index (κ2) is 13.3. The molecule has 0 radical (unpaired) electrons. The fourth-order valence-electron chi connectivity index (χ4n) is 4.96. The Bertz CT molecular complexity index is 1810. The van der Waals surface area contributed by atoms with Crippen molar-refractivity contribution in [3.05, 3.63) is 108 Å². The number of pyridine rings is 1. The van der Waals surface area contributed by atoms with Crippen molar-refractivity contribution in [3.63, 3.8) is 0 Å². The molecule has 0 saturated carbocycles. The quantitative estimate of drug-likeness (QED) is 0.178. The molecule has 0 aliphatic heterocycles. The summed E-state index contributed by atoms with van der Waals surface area (Å²) in [6.07, 6.45) is 6.86. The van der Waals surface area contributed by atoms with Crippen molar-refractivity contribution in [2.24, 2.45) is 5.41 Å². The lowest BCUT2D eigenvalue weighted by molar-refractivity contribution is -0.149. The number of ketones is 1. The number of rotatable bonds is 9. The maximum absolute atomic E-state index is 13.1. The maximum Gasteiger partial charge on any atom is 0.315 e. The summed E-state index contributed by atoms with van der Waals surface area (Å²) < 4.78 is 4.84. The Hall–Kier alpha value is -5.71. The summed E-state index contributed by atoms with van der Waals surface area (Å²) in [6.45, 7) is 3.64. The molecule has 11 heteroatoms. The van der Waals surface area contributed by atoms with Crippen molar-refractivity contribution in [2.75, 3.05) is 17.7 Å². The van der Waals surface area contributed by atoms with E-state index in [4.69, 9.17) is 4.74 Å². The van der Waals surface area contributed by atoms with Crippen molar-refractivity contribution < 1.29 is 23.9 Å². The van der Waals surface area contributed by atoms with E-state index in [9.17, 15) is 19.2 Å². The third-order valence-electron chi connectivity index (χ3n) is 7.52. The number of aryl methyl sites for hydroxylation is 1. The van der Waals surface area contributed by atoms with Crippen molar-refractivity contribution >= 4 is 40.9 Å². The van der Waals surface area contributed by atoms with E-state index in [1.807, 2.05) is 37.3 Å². The molecular weight excluding hydrogens is 572 g/mol. The van der Waals surface area contributed by atoms with E-state index in [1.54, 1.807) is 55.8 Å². The number of nitrogens with one attached hydrogen (secondary N) is 3. The van der Waals surface area contributed by atoms with E-state index in [1.165, 1.54) is 13.2 Å². The minimum atomic E-state index is -1.04. The van der Waals surface area contributed by atoms with Gasteiger partial charge in [0.05, 0.1) is 23.8 Å². The van der Waals surface area contributed by atoms with Gasteiger partial charge in [-0.2, -0.15) is 0 Å². The number of carbonyl (C=O) groups excluding carboxylic acids is 4. The van der Waals surface area contributed by atoms with Crippen molar-refractivity contribution in [2.45, 2.75) is 33.2 Å². The standard InChI is InChI=1S/C34H32N6O5/c1-21-16-25(9-10-27(21)39-33-36-15-12-28(40-33)24-8-5-14-35-20-24)38-30(42)23-7-4-6-22(17-23)19-37-31(43)26-18-34(2,32(44)45-3)13-11-29(26)41/h4-10,12,14-18,20H,11,13,19H2,1-3H3,(H,37,43)(H,38,42)(H,36,39,40)/t34-/m1/s1. The van der Waals surface area contributed by atoms with Gasteiger partial charge < -0.3 is 20.7 Å². The lowest BCUT2D eigenvalue weighted by Gasteiger charge is -2.27. The van der Waals surface area contributed by atoms with Gasteiger partial charge in [0.25, 0.3) is 11.8 Å². The number of carbonyl (C=O) groups is 4. The summed E-state index contributed by atoms with van der Waals surface area (Å²) in [7, 11) is 1.27. The van der Waals surface area contributed by atoms with Crippen LogP contribution in [0.4, 0.5) is 17.3 Å². The molecule has 2 heterocycles. The Balaban J connectivity index is 1.21. The first-order chi connectivity index (χ1) is 21.6. The highest BCUT2D eigenvalue weighted by Gasteiger charge is 2.39. The molecule has 11 nitrogen and oxygen atoms in total. The number of hydrogen-bond donors (Lipinski definition) is 3. The van der Waals surface area contributed by atoms with Crippen LogP contribution in [0, 0.1) is 12.3 Å². The summed E-state index contributed by atoms with van der Waals surface area (Å²) in [5.74, 6) is -1.30. The van der Waals surface area contributed by atoms with Gasteiger partial charge in [-0.05, 0) is 79.9 Å². The largest absolute Gasteiger partial charge is 0.468 e. The summed E-state index contributed by atoms with van der Waals surface area (Å²) in [6, 6.07) is 17.9. The van der Waals surface area contributed by atoms with Gasteiger partial charge in [-0.3, -0.25) is 24.2 Å². The second-order valence-electron chi connectivity index (χ2n) is 10.9. The van der Waals surface area contributed by atoms with Crippen LogP contribution in [0.15, 0.2) is 90.9 Å². The van der Waals surface area contributed by atoms with Gasteiger partial charge in [-0.25, -0.2) is 9.97 Å². The Labute approximate surface area is 260 Å². The average Bonchev–Trinajstić information content (AvgIpc) is 3.06. The molecule has 2 aromatic carbocycles. The van der Waals surface area contributed by atoms with Crippen LogP contribution < -0.4 is 16.0 Å².